The smallest absolute Gasteiger partial charge is 0.191 e. The number of thioether (sulfide) groups is 1. The number of carbonyl (C=O) groups is 1. The van der Waals surface area contributed by atoms with Gasteiger partial charge in [-0.25, -0.2) is 0 Å². The van der Waals surface area contributed by atoms with Gasteiger partial charge in [-0.15, -0.1) is 21.5 Å². The van der Waals surface area contributed by atoms with Crippen LogP contribution in [0.5, 0.6) is 0 Å². The summed E-state index contributed by atoms with van der Waals surface area (Å²) < 4.78 is 2.22. The van der Waals surface area contributed by atoms with E-state index in [1.165, 1.54) is 16.6 Å². The number of halogens is 1. The third-order valence-electron chi connectivity index (χ3n) is 4.06. The zero-order valence-corrected chi connectivity index (χ0v) is 15.8. The zero-order valence-electron chi connectivity index (χ0n) is 13.4. The van der Waals surface area contributed by atoms with Crippen LogP contribution < -0.4 is 0 Å². The van der Waals surface area contributed by atoms with Gasteiger partial charge in [-0.05, 0) is 48.6 Å². The van der Waals surface area contributed by atoms with Crippen molar-refractivity contribution in [2.75, 3.05) is 5.75 Å². The summed E-state index contributed by atoms with van der Waals surface area (Å²) in [5.74, 6) is 1.42. The highest BCUT2D eigenvalue weighted by atomic mass is 35.5. The Balaban J connectivity index is 1.48. The Hall–Kier alpha value is -1.63. The fourth-order valence-electron chi connectivity index (χ4n) is 2.64. The van der Waals surface area contributed by atoms with Crippen LogP contribution in [0.2, 0.25) is 5.02 Å². The topological polar surface area (TPSA) is 47.8 Å². The molecule has 0 amide bonds. The molecule has 0 saturated heterocycles. The highest BCUT2D eigenvalue weighted by Crippen LogP contribution is 2.39. The highest BCUT2D eigenvalue weighted by Gasteiger charge is 2.30. The fourth-order valence-corrected chi connectivity index (χ4v) is 4.39. The molecule has 1 aliphatic carbocycles. The van der Waals surface area contributed by atoms with Gasteiger partial charge in [0.25, 0.3) is 0 Å². The highest BCUT2D eigenvalue weighted by molar-refractivity contribution is 7.99. The van der Waals surface area contributed by atoms with Crippen LogP contribution in [-0.2, 0) is 6.42 Å². The molecule has 3 aromatic rings. The maximum atomic E-state index is 12.4. The van der Waals surface area contributed by atoms with Gasteiger partial charge in [0.1, 0.15) is 5.82 Å². The molecule has 0 atom stereocenters. The first-order chi connectivity index (χ1) is 12.2. The number of carbonyl (C=O) groups excluding carboxylic acids is 1. The number of rotatable bonds is 7. The minimum atomic E-state index is 0.0758. The largest absolute Gasteiger partial charge is 0.303 e. The molecule has 4 rings (SSSR count). The first-order valence-electron chi connectivity index (χ1n) is 8.08. The molecule has 1 aromatic carbocycles. The lowest BCUT2D eigenvalue weighted by molar-refractivity contribution is 0.102. The van der Waals surface area contributed by atoms with Crippen LogP contribution in [0.1, 0.15) is 39.9 Å². The number of hydrogen-bond donors (Lipinski definition) is 0. The number of ketones is 1. The molecule has 2 aromatic heterocycles. The van der Waals surface area contributed by atoms with E-state index in [2.05, 4.69) is 32.3 Å². The molecule has 2 heterocycles. The van der Waals surface area contributed by atoms with E-state index in [0.717, 1.165) is 30.2 Å². The summed E-state index contributed by atoms with van der Waals surface area (Å²) >= 11 is 9.07. The predicted molar refractivity (Wildman–Crippen MR) is 102 cm³/mol. The Morgan fingerprint density at radius 1 is 1.24 bits per heavy atom. The van der Waals surface area contributed by atoms with Gasteiger partial charge in [0.2, 0.25) is 0 Å². The maximum absolute atomic E-state index is 12.4. The summed E-state index contributed by atoms with van der Waals surface area (Å²) in [6.45, 7) is 0. The van der Waals surface area contributed by atoms with Crippen molar-refractivity contribution in [3.05, 3.63) is 63.1 Å². The maximum Gasteiger partial charge on any atom is 0.191 e. The average Bonchev–Trinajstić information content (AvgIpc) is 3.17. The van der Waals surface area contributed by atoms with Crippen LogP contribution in [-0.4, -0.2) is 26.3 Å². The van der Waals surface area contributed by atoms with Crippen molar-refractivity contribution >= 4 is 40.5 Å². The number of Topliss-reactive ketones (excluding diaryl/α,β-unsaturated/α-hetero) is 1. The van der Waals surface area contributed by atoms with E-state index >= 15 is 0 Å². The van der Waals surface area contributed by atoms with Gasteiger partial charge >= 0.3 is 0 Å². The molecule has 0 radical (unpaired) electrons. The molecule has 1 saturated carbocycles. The van der Waals surface area contributed by atoms with Gasteiger partial charge in [-0.1, -0.05) is 29.4 Å². The molecule has 0 unspecified atom stereocenters. The molecule has 0 N–H and O–H groups in total. The van der Waals surface area contributed by atoms with Gasteiger partial charge in [0.15, 0.2) is 10.9 Å². The number of aromatic nitrogens is 3. The van der Waals surface area contributed by atoms with Gasteiger partial charge < -0.3 is 4.57 Å². The van der Waals surface area contributed by atoms with E-state index in [1.807, 2.05) is 0 Å². The third-order valence-corrected chi connectivity index (χ3v) is 6.13. The second kappa shape index (κ2) is 7.32. The minimum Gasteiger partial charge on any atom is -0.303 e. The van der Waals surface area contributed by atoms with Gasteiger partial charge in [-0.2, -0.15) is 0 Å². The van der Waals surface area contributed by atoms with Crippen LogP contribution >= 0.6 is 34.7 Å². The lowest BCUT2D eigenvalue weighted by atomic mass is 10.1. The number of hydrogen-bond acceptors (Lipinski definition) is 5. The molecule has 0 spiro atoms. The van der Waals surface area contributed by atoms with Crippen LogP contribution in [0.4, 0.5) is 0 Å². The first kappa shape index (κ1) is 16.8. The van der Waals surface area contributed by atoms with Crippen molar-refractivity contribution in [1.29, 1.82) is 0 Å². The quantitative estimate of drug-likeness (QED) is 0.426. The first-order valence-corrected chi connectivity index (χ1v) is 10.3. The Morgan fingerprint density at radius 2 is 2.04 bits per heavy atom. The number of nitrogens with zero attached hydrogens (tertiary/aromatic N) is 3. The summed E-state index contributed by atoms with van der Waals surface area (Å²) in [4.78, 5) is 13.7. The van der Waals surface area contributed by atoms with Crippen molar-refractivity contribution < 1.29 is 4.79 Å². The van der Waals surface area contributed by atoms with E-state index in [0.29, 0.717) is 22.4 Å². The Kier molecular flexibility index (Phi) is 4.92. The van der Waals surface area contributed by atoms with Crippen molar-refractivity contribution in [1.82, 2.24) is 14.8 Å². The molecular weight excluding hydrogens is 374 g/mol. The summed E-state index contributed by atoms with van der Waals surface area (Å²) in [5.41, 5.74) is 0.674. The molecule has 128 valence electrons. The van der Waals surface area contributed by atoms with E-state index in [-0.39, 0.29) is 5.78 Å². The second-order valence-corrected chi connectivity index (χ2v) is 8.39. The summed E-state index contributed by atoms with van der Waals surface area (Å²) in [6.07, 6.45) is 3.12. The molecule has 0 bridgehead atoms. The Bertz CT molecular complexity index is 870. The van der Waals surface area contributed by atoms with E-state index in [9.17, 15) is 4.79 Å². The van der Waals surface area contributed by atoms with Crippen molar-refractivity contribution in [2.24, 2.45) is 0 Å². The van der Waals surface area contributed by atoms with Crippen LogP contribution in [0.25, 0.3) is 0 Å². The molecule has 25 heavy (non-hydrogen) atoms. The second-order valence-electron chi connectivity index (χ2n) is 5.97. The molecule has 7 heteroatoms. The Morgan fingerprint density at radius 3 is 2.72 bits per heavy atom. The van der Waals surface area contributed by atoms with Crippen LogP contribution in [0.3, 0.4) is 0 Å². The van der Waals surface area contributed by atoms with Gasteiger partial charge in [0, 0.05) is 27.9 Å². The summed E-state index contributed by atoms with van der Waals surface area (Å²) in [6, 6.07) is 11.7. The lowest BCUT2D eigenvalue weighted by Crippen LogP contribution is -2.06. The standard InChI is InChI=1S/C18H16ClN3OS2/c19-13-5-3-12(4-6-13)16(23)11-25-18-21-20-17(22(18)14-7-8-14)10-15-2-1-9-24-15/h1-6,9,14H,7-8,10-11H2. The summed E-state index contributed by atoms with van der Waals surface area (Å²) in [7, 11) is 0. The minimum absolute atomic E-state index is 0.0758. The number of thiophene rings is 1. The molecule has 1 fully saturated rings. The number of benzene rings is 1. The van der Waals surface area contributed by atoms with Gasteiger partial charge in [-0.3, -0.25) is 4.79 Å². The van der Waals surface area contributed by atoms with Crippen LogP contribution in [0.15, 0.2) is 46.9 Å². The molecule has 0 aliphatic heterocycles. The van der Waals surface area contributed by atoms with E-state index < -0.39 is 0 Å². The molecular formula is C18H16ClN3OS2. The van der Waals surface area contributed by atoms with Crippen molar-refractivity contribution in [2.45, 2.75) is 30.5 Å². The summed E-state index contributed by atoms with van der Waals surface area (Å²) in [5, 5.41) is 12.3. The third kappa shape index (κ3) is 3.97. The van der Waals surface area contributed by atoms with E-state index in [1.54, 1.807) is 35.6 Å². The van der Waals surface area contributed by atoms with Crippen LogP contribution in [0, 0.1) is 0 Å². The monoisotopic (exact) mass is 389 g/mol. The zero-order chi connectivity index (χ0) is 17.2. The molecule has 1 aliphatic rings. The predicted octanol–water partition coefficient (Wildman–Crippen LogP) is 4.89. The SMILES string of the molecule is O=C(CSc1nnc(Cc2cccs2)n1C1CC1)c1ccc(Cl)cc1. The van der Waals surface area contributed by atoms with E-state index in [4.69, 9.17) is 11.6 Å². The average molecular weight is 390 g/mol. The lowest BCUT2D eigenvalue weighted by Gasteiger charge is -2.08. The molecule has 4 nitrogen and oxygen atoms in total. The normalized spacial score (nSPS) is 14.0. The van der Waals surface area contributed by atoms with Crippen molar-refractivity contribution in [3.8, 4) is 0 Å². The fraction of sp³-hybridized carbons (Fsp3) is 0.278. The van der Waals surface area contributed by atoms with Crippen molar-refractivity contribution in [3.63, 3.8) is 0 Å². The Labute approximate surface area is 159 Å². The van der Waals surface area contributed by atoms with Gasteiger partial charge in [0.05, 0.1) is 5.75 Å².